The average Bonchev–Trinajstić information content (AvgIpc) is 2.43. The summed E-state index contributed by atoms with van der Waals surface area (Å²) in [5, 5.41) is 11.4. The van der Waals surface area contributed by atoms with E-state index < -0.39 is 5.91 Å². The second kappa shape index (κ2) is 7.14. The van der Waals surface area contributed by atoms with Crippen LogP contribution in [-0.4, -0.2) is 29.9 Å². The molecular weight excluding hydrogens is 256 g/mol. The smallest absolute Gasteiger partial charge is 0.317 e. The first kappa shape index (κ1) is 15.5. The second-order valence-corrected chi connectivity index (χ2v) is 4.60. The fourth-order valence-corrected chi connectivity index (χ4v) is 1.63. The number of benzene rings is 1. The van der Waals surface area contributed by atoms with Crippen molar-refractivity contribution in [2.45, 2.75) is 25.9 Å². The predicted octanol–water partition coefficient (Wildman–Crippen LogP) is 0.964. The minimum Gasteiger partial charge on any atom is -0.370 e. The minimum absolute atomic E-state index is 0.126. The third-order valence-corrected chi connectivity index (χ3v) is 3.00. The number of primary amides is 1. The molecule has 0 unspecified atom stereocenters. The summed E-state index contributed by atoms with van der Waals surface area (Å²) in [6.45, 7) is 2.12. The summed E-state index contributed by atoms with van der Waals surface area (Å²) in [4.78, 5) is 24.1. The quantitative estimate of drug-likeness (QED) is 0.836. The second-order valence-electron chi connectivity index (χ2n) is 4.60. The Balaban J connectivity index is 2.49. The van der Waals surface area contributed by atoms with Gasteiger partial charge in [0.25, 0.3) is 0 Å². The molecule has 20 heavy (non-hydrogen) atoms. The first-order valence-electron chi connectivity index (χ1n) is 6.22. The third kappa shape index (κ3) is 4.61. The molecule has 3 N–H and O–H groups in total. The molecular formula is C14H18N4O2. The van der Waals surface area contributed by atoms with Gasteiger partial charge in [-0.3, -0.25) is 4.79 Å². The van der Waals surface area contributed by atoms with E-state index in [9.17, 15) is 9.59 Å². The van der Waals surface area contributed by atoms with Crippen molar-refractivity contribution in [2.75, 3.05) is 7.05 Å². The van der Waals surface area contributed by atoms with Crippen molar-refractivity contribution in [1.82, 2.24) is 10.2 Å². The molecule has 1 aromatic carbocycles. The monoisotopic (exact) mass is 274 g/mol. The summed E-state index contributed by atoms with van der Waals surface area (Å²) in [6, 6.07) is 8.46. The lowest BCUT2D eigenvalue weighted by Gasteiger charge is -2.24. The van der Waals surface area contributed by atoms with Gasteiger partial charge in [0.2, 0.25) is 5.91 Å². The van der Waals surface area contributed by atoms with E-state index in [2.05, 4.69) is 5.32 Å². The van der Waals surface area contributed by atoms with Crippen molar-refractivity contribution in [3.8, 4) is 6.07 Å². The highest BCUT2D eigenvalue weighted by molar-refractivity contribution is 5.77. The highest BCUT2D eigenvalue weighted by Gasteiger charge is 2.16. The third-order valence-electron chi connectivity index (χ3n) is 3.00. The van der Waals surface area contributed by atoms with Crippen LogP contribution in [0.15, 0.2) is 24.3 Å². The molecule has 6 nitrogen and oxygen atoms in total. The largest absolute Gasteiger partial charge is 0.370 e. The predicted molar refractivity (Wildman–Crippen MR) is 74.4 cm³/mol. The molecule has 0 radical (unpaired) electrons. The highest BCUT2D eigenvalue weighted by atomic mass is 16.2. The van der Waals surface area contributed by atoms with Gasteiger partial charge < -0.3 is 16.0 Å². The van der Waals surface area contributed by atoms with Gasteiger partial charge in [0.05, 0.1) is 11.6 Å². The maximum absolute atomic E-state index is 11.9. The van der Waals surface area contributed by atoms with E-state index in [0.717, 1.165) is 5.56 Å². The van der Waals surface area contributed by atoms with Crippen LogP contribution in [0.3, 0.4) is 0 Å². The normalized spacial score (nSPS) is 11.2. The van der Waals surface area contributed by atoms with E-state index in [-0.39, 0.29) is 18.5 Å². The molecule has 106 valence electrons. The van der Waals surface area contributed by atoms with E-state index in [1.807, 2.05) is 6.07 Å². The zero-order valence-corrected chi connectivity index (χ0v) is 11.6. The van der Waals surface area contributed by atoms with Crippen LogP contribution in [0.4, 0.5) is 4.79 Å². The van der Waals surface area contributed by atoms with Crippen LogP contribution in [0, 0.1) is 11.3 Å². The van der Waals surface area contributed by atoms with Gasteiger partial charge in [-0.05, 0) is 24.6 Å². The molecule has 0 saturated heterocycles. The molecule has 0 aromatic heterocycles. The maximum atomic E-state index is 11.9. The van der Waals surface area contributed by atoms with Gasteiger partial charge in [0, 0.05) is 26.1 Å². The lowest BCUT2D eigenvalue weighted by Crippen LogP contribution is -2.43. The molecule has 0 heterocycles. The number of hydrogen-bond acceptors (Lipinski definition) is 3. The molecule has 0 aliphatic rings. The van der Waals surface area contributed by atoms with Gasteiger partial charge >= 0.3 is 6.03 Å². The van der Waals surface area contributed by atoms with Crippen LogP contribution in [0.5, 0.6) is 0 Å². The van der Waals surface area contributed by atoms with Gasteiger partial charge in [-0.15, -0.1) is 0 Å². The summed E-state index contributed by atoms with van der Waals surface area (Å²) in [5.41, 5.74) is 6.57. The van der Waals surface area contributed by atoms with Gasteiger partial charge in [0.1, 0.15) is 0 Å². The average molecular weight is 274 g/mol. The number of nitrogens with zero attached hydrogens (tertiary/aromatic N) is 2. The van der Waals surface area contributed by atoms with Crippen LogP contribution < -0.4 is 11.1 Å². The first-order chi connectivity index (χ1) is 9.43. The molecule has 0 aliphatic heterocycles. The van der Waals surface area contributed by atoms with Crippen molar-refractivity contribution in [3.05, 3.63) is 35.4 Å². The van der Waals surface area contributed by atoms with Crippen molar-refractivity contribution in [2.24, 2.45) is 5.73 Å². The topological polar surface area (TPSA) is 99.2 Å². The molecule has 0 aliphatic carbocycles. The van der Waals surface area contributed by atoms with Crippen LogP contribution in [-0.2, 0) is 11.3 Å². The Bertz CT molecular complexity index is 519. The lowest BCUT2D eigenvalue weighted by atomic mass is 10.1. The molecule has 6 heteroatoms. The van der Waals surface area contributed by atoms with E-state index in [0.29, 0.717) is 12.1 Å². The van der Waals surface area contributed by atoms with Gasteiger partial charge in [-0.25, -0.2) is 4.79 Å². The number of rotatable bonds is 5. The molecule has 1 aromatic rings. The number of carbonyl (C=O) groups is 2. The molecule has 3 amide bonds. The molecule has 0 saturated carbocycles. The summed E-state index contributed by atoms with van der Waals surface area (Å²) in [5.74, 6) is -0.441. The molecule has 1 rings (SSSR count). The zero-order chi connectivity index (χ0) is 15.1. The highest BCUT2D eigenvalue weighted by Crippen LogP contribution is 2.04. The molecule has 0 spiro atoms. The van der Waals surface area contributed by atoms with Crippen molar-refractivity contribution < 1.29 is 9.59 Å². The number of amides is 3. The number of carbonyl (C=O) groups excluding carboxylic acids is 2. The van der Waals surface area contributed by atoms with Gasteiger partial charge in [-0.1, -0.05) is 12.1 Å². The summed E-state index contributed by atoms with van der Waals surface area (Å²) >= 11 is 0. The minimum atomic E-state index is -0.441. The number of nitrogens with one attached hydrogen (secondary N) is 1. The Kier molecular flexibility index (Phi) is 5.54. The number of hydrogen-bond donors (Lipinski definition) is 2. The molecule has 0 fully saturated rings. The van der Waals surface area contributed by atoms with Crippen molar-refractivity contribution >= 4 is 11.9 Å². The standard InChI is InChI=1S/C14H18N4O2/c1-10(7-13(16)19)18(2)14(20)17-9-12-5-3-11(8-15)4-6-12/h3-6,10H,7,9H2,1-2H3,(H2,16,19)(H,17,20)/t10-/m0/s1. The summed E-state index contributed by atoms with van der Waals surface area (Å²) < 4.78 is 0. The Morgan fingerprint density at radius 3 is 2.50 bits per heavy atom. The van der Waals surface area contributed by atoms with Gasteiger partial charge in [0.15, 0.2) is 0 Å². The van der Waals surface area contributed by atoms with E-state index >= 15 is 0 Å². The lowest BCUT2D eigenvalue weighted by molar-refractivity contribution is -0.118. The van der Waals surface area contributed by atoms with Crippen molar-refractivity contribution in [3.63, 3.8) is 0 Å². The van der Waals surface area contributed by atoms with Crippen LogP contribution >= 0.6 is 0 Å². The first-order valence-corrected chi connectivity index (χ1v) is 6.22. The van der Waals surface area contributed by atoms with E-state index in [1.54, 1.807) is 38.2 Å². The SMILES string of the molecule is C[C@@H](CC(N)=O)N(C)C(=O)NCc1ccc(C#N)cc1. The van der Waals surface area contributed by atoms with E-state index in [1.165, 1.54) is 4.90 Å². The Hall–Kier alpha value is -2.55. The zero-order valence-electron chi connectivity index (χ0n) is 11.6. The summed E-state index contributed by atoms with van der Waals surface area (Å²) in [6.07, 6.45) is 0.126. The Morgan fingerprint density at radius 1 is 1.40 bits per heavy atom. The fourth-order valence-electron chi connectivity index (χ4n) is 1.63. The maximum Gasteiger partial charge on any atom is 0.317 e. The molecule has 1 atom stereocenters. The van der Waals surface area contributed by atoms with Crippen LogP contribution in [0.1, 0.15) is 24.5 Å². The van der Waals surface area contributed by atoms with Crippen LogP contribution in [0.2, 0.25) is 0 Å². The van der Waals surface area contributed by atoms with Crippen molar-refractivity contribution in [1.29, 1.82) is 5.26 Å². The summed E-state index contributed by atoms with van der Waals surface area (Å²) in [7, 11) is 1.61. The molecule has 0 bridgehead atoms. The number of nitriles is 1. The Labute approximate surface area is 118 Å². The van der Waals surface area contributed by atoms with Gasteiger partial charge in [-0.2, -0.15) is 5.26 Å². The van der Waals surface area contributed by atoms with Crippen LogP contribution in [0.25, 0.3) is 0 Å². The van der Waals surface area contributed by atoms with E-state index in [4.69, 9.17) is 11.0 Å². The number of nitrogens with two attached hydrogens (primary N) is 1. The Morgan fingerprint density at radius 2 is 2.00 bits per heavy atom. The fraction of sp³-hybridized carbons (Fsp3) is 0.357. The number of urea groups is 1.